The van der Waals surface area contributed by atoms with Crippen LogP contribution in [0.15, 0.2) is 12.1 Å². The fourth-order valence-electron chi connectivity index (χ4n) is 2.83. The van der Waals surface area contributed by atoms with Crippen molar-refractivity contribution in [2.75, 3.05) is 5.73 Å². The van der Waals surface area contributed by atoms with Crippen molar-refractivity contribution < 1.29 is 4.79 Å². The van der Waals surface area contributed by atoms with Gasteiger partial charge in [-0.2, -0.15) is 0 Å². The smallest absolute Gasteiger partial charge is 0.251 e. The molecule has 110 valence electrons. The summed E-state index contributed by atoms with van der Waals surface area (Å²) in [4.78, 5) is 12.3. The molecule has 1 aliphatic rings. The van der Waals surface area contributed by atoms with Crippen LogP contribution < -0.4 is 11.1 Å². The summed E-state index contributed by atoms with van der Waals surface area (Å²) in [5.41, 5.74) is 6.81. The highest BCUT2D eigenvalue weighted by molar-refractivity contribution is 6.43. The molecule has 3 nitrogen and oxygen atoms in total. The average molecular weight is 315 g/mol. The van der Waals surface area contributed by atoms with Gasteiger partial charge in [0.2, 0.25) is 0 Å². The number of carbonyl (C=O) groups excluding carboxylic acids is 1. The first kappa shape index (κ1) is 15.5. The molecule has 1 fully saturated rings. The number of anilines is 1. The summed E-state index contributed by atoms with van der Waals surface area (Å²) < 4.78 is 0. The lowest BCUT2D eigenvalue weighted by atomic mass is 9.75. The molecule has 1 amide bonds. The van der Waals surface area contributed by atoms with Gasteiger partial charge >= 0.3 is 0 Å². The van der Waals surface area contributed by atoms with E-state index in [1.54, 1.807) is 12.1 Å². The van der Waals surface area contributed by atoms with Crippen molar-refractivity contribution >= 4 is 34.8 Å². The molecular formula is C15H20Cl2N2O. The predicted molar refractivity (Wildman–Crippen MR) is 84.4 cm³/mol. The Morgan fingerprint density at radius 3 is 2.70 bits per heavy atom. The van der Waals surface area contributed by atoms with Gasteiger partial charge in [-0.05, 0) is 36.8 Å². The van der Waals surface area contributed by atoms with Gasteiger partial charge in [0.25, 0.3) is 5.91 Å². The fraction of sp³-hybridized carbons (Fsp3) is 0.533. The van der Waals surface area contributed by atoms with Gasteiger partial charge in [-0.3, -0.25) is 4.79 Å². The molecule has 0 heterocycles. The summed E-state index contributed by atoms with van der Waals surface area (Å²) in [5, 5.41) is 3.67. The zero-order chi connectivity index (χ0) is 14.9. The maximum absolute atomic E-state index is 12.3. The minimum atomic E-state index is -0.141. The van der Waals surface area contributed by atoms with Crippen LogP contribution in [0.1, 0.15) is 49.9 Å². The first-order chi connectivity index (χ1) is 9.28. The van der Waals surface area contributed by atoms with Crippen LogP contribution in [0.2, 0.25) is 10.0 Å². The molecule has 0 aromatic heterocycles. The van der Waals surface area contributed by atoms with E-state index >= 15 is 0 Å². The maximum Gasteiger partial charge on any atom is 0.251 e. The van der Waals surface area contributed by atoms with Crippen molar-refractivity contribution in [1.82, 2.24) is 5.32 Å². The summed E-state index contributed by atoms with van der Waals surface area (Å²) in [6, 6.07) is 3.34. The number of nitrogen functional groups attached to an aromatic ring is 1. The summed E-state index contributed by atoms with van der Waals surface area (Å²) in [6.45, 7) is 4.48. The second-order valence-corrected chi connectivity index (χ2v) is 7.08. The molecule has 0 aliphatic heterocycles. The first-order valence-corrected chi connectivity index (χ1v) is 7.59. The largest absolute Gasteiger partial charge is 0.397 e. The highest BCUT2D eigenvalue weighted by atomic mass is 35.5. The van der Waals surface area contributed by atoms with E-state index in [2.05, 4.69) is 19.2 Å². The first-order valence-electron chi connectivity index (χ1n) is 6.84. The van der Waals surface area contributed by atoms with E-state index in [-0.39, 0.29) is 17.4 Å². The summed E-state index contributed by atoms with van der Waals surface area (Å²) >= 11 is 11.9. The van der Waals surface area contributed by atoms with Crippen LogP contribution in [-0.4, -0.2) is 11.9 Å². The number of rotatable bonds is 2. The summed E-state index contributed by atoms with van der Waals surface area (Å²) in [7, 11) is 0. The van der Waals surface area contributed by atoms with Gasteiger partial charge < -0.3 is 11.1 Å². The van der Waals surface area contributed by atoms with Crippen LogP contribution in [0, 0.1) is 5.41 Å². The maximum atomic E-state index is 12.3. The zero-order valence-electron chi connectivity index (χ0n) is 11.8. The monoisotopic (exact) mass is 314 g/mol. The average Bonchev–Trinajstić information content (AvgIpc) is 2.34. The van der Waals surface area contributed by atoms with Crippen LogP contribution in [-0.2, 0) is 0 Å². The molecule has 0 spiro atoms. The van der Waals surface area contributed by atoms with Gasteiger partial charge in [0.1, 0.15) is 0 Å². The quantitative estimate of drug-likeness (QED) is 0.801. The van der Waals surface area contributed by atoms with Gasteiger partial charge in [-0.15, -0.1) is 0 Å². The van der Waals surface area contributed by atoms with Crippen molar-refractivity contribution in [1.29, 1.82) is 0 Å². The van der Waals surface area contributed by atoms with E-state index in [4.69, 9.17) is 28.9 Å². The lowest BCUT2D eigenvalue weighted by Crippen LogP contribution is -2.40. The number of hydrogen-bond donors (Lipinski definition) is 2. The third-order valence-electron chi connectivity index (χ3n) is 3.86. The third kappa shape index (κ3) is 3.58. The number of nitrogens with one attached hydrogen (secondary N) is 1. The van der Waals surface area contributed by atoms with Crippen LogP contribution >= 0.6 is 23.2 Å². The van der Waals surface area contributed by atoms with Gasteiger partial charge in [0.15, 0.2) is 0 Å². The highest BCUT2D eigenvalue weighted by Gasteiger charge is 2.29. The second kappa shape index (κ2) is 5.82. The van der Waals surface area contributed by atoms with E-state index in [0.717, 1.165) is 19.3 Å². The Bertz CT molecular complexity index is 506. The molecule has 3 N–H and O–H groups in total. The van der Waals surface area contributed by atoms with Gasteiger partial charge in [-0.1, -0.05) is 43.5 Å². The Kier molecular flexibility index (Phi) is 4.50. The van der Waals surface area contributed by atoms with Gasteiger partial charge in [0.05, 0.1) is 15.7 Å². The second-order valence-electron chi connectivity index (χ2n) is 6.29. The lowest BCUT2D eigenvalue weighted by Gasteiger charge is -2.35. The van der Waals surface area contributed by atoms with Crippen LogP contribution in [0.25, 0.3) is 0 Å². The Hall–Kier alpha value is -0.930. The molecule has 0 saturated heterocycles. The molecule has 0 bridgehead atoms. The molecule has 1 unspecified atom stereocenters. The summed E-state index contributed by atoms with van der Waals surface area (Å²) in [5.74, 6) is -0.141. The van der Waals surface area contributed by atoms with Crippen molar-refractivity contribution in [3.05, 3.63) is 27.7 Å². The Balaban J connectivity index is 2.09. The lowest BCUT2D eigenvalue weighted by molar-refractivity contribution is 0.0902. The zero-order valence-corrected chi connectivity index (χ0v) is 13.3. The Labute approximate surface area is 129 Å². The number of carbonyl (C=O) groups is 1. The predicted octanol–water partition coefficient (Wildman–Crippen LogP) is 4.27. The molecular weight excluding hydrogens is 295 g/mol. The van der Waals surface area contributed by atoms with Crippen molar-refractivity contribution in [3.8, 4) is 0 Å². The van der Waals surface area contributed by atoms with E-state index in [1.165, 1.54) is 6.42 Å². The van der Waals surface area contributed by atoms with Crippen molar-refractivity contribution in [2.24, 2.45) is 5.41 Å². The number of amides is 1. The van der Waals surface area contributed by atoms with Crippen LogP contribution in [0.3, 0.4) is 0 Å². The molecule has 1 atom stereocenters. The molecule has 20 heavy (non-hydrogen) atoms. The third-order valence-corrected chi connectivity index (χ3v) is 4.68. The van der Waals surface area contributed by atoms with E-state index in [1.807, 2.05) is 0 Å². The van der Waals surface area contributed by atoms with E-state index < -0.39 is 0 Å². The number of nitrogens with two attached hydrogens (primary N) is 1. The van der Waals surface area contributed by atoms with Crippen molar-refractivity contribution in [2.45, 2.75) is 45.6 Å². The number of hydrogen-bond acceptors (Lipinski definition) is 2. The van der Waals surface area contributed by atoms with E-state index in [9.17, 15) is 4.79 Å². The number of halogens is 2. The Morgan fingerprint density at radius 1 is 1.40 bits per heavy atom. The minimum absolute atomic E-state index is 0.141. The molecule has 1 aliphatic carbocycles. The van der Waals surface area contributed by atoms with Crippen LogP contribution in [0.4, 0.5) is 5.69 Å². The molecule has 1 aromatic carbocycles. The molecule has 0 radical (unpaired) electrons. The van der Waals surface area contributed by atoms with Gasteiger partial charge in [0, 0.05) is 11.6 Å². The standard InChI is InChI=1S/C15H20Cl2N2O/c1-15(2)5-3-4-10(8-15)19-14(20)9-6-11(16)13(17)12(18)7-9/h6-7,10H,3-5,8,18H2,1-2H3,(H,19,20). The van der Waals surface area contributed by atoms with E-state index in [0.29, 0.717) is 21.3 Å². The Morgan fingerprint density at radius 2 is 2.10 bits per heavy atom. The SMILES string of the molecule is CC1(C)CCCC(NC(=O)c2cc(N)c(Cl)c(Cl)c2)C1. The number of benzene rings is 1. The van der Waals surface area contributed by atoms with Gasteiger partial charge in [-0.25, -0.2) is 0 Å². The molecule has 1 aromatic rings. The minimum Gasteiger partial charge on any atom is -0.397 e. The molecule has 2 rings (SSSR count). The fourth-order valence-corrected chi connectivity index (χ4v) is 3.17. The van der Waals surface area contributed by atoms with Crippen LogP contribution in [0.5, 0.6) is 0 Å². The highest BCUT2D eigenvalue weighted by Crippen LogP contribution is 2.35. The summed E-state index contributed by atoms with van der Waals surface area (Å²) in [6.07, 6.45) is 4.36. The molecule has 5 heteroatoms. The molecule has 1 saturated carbocycles. The van der Waals surface area contributed by atoms with Crippen molar-refractivity contribution in [3.63, 3.8) is 0 Å². The topological polar surface area (TPSA) is 55.1 Å². The normalized spacial score (nSPS) is 21.5.